The van der Waals surface area contributed by atoms with Crippen molar-refractivity contribution in [2.75, 3.05) is 7.11 Å². The molecule has 5 nitrogen and oxygen atoms in total. The number of aromatic amines is 1. The average molecular weight is 435 g/mol. The first kappa shape index (κ1) is 14.7. The van der Waals surface area contributed by atoms with E-state index >= 15 is 0 Å². The summed E-state index contributed by atoms with van der Waals surface area (Å²) in [5, 5.41) is 4.76. The van der Waals surface area contributed by atoms with Crippen LogP contribution in [0.4, 0.5) is 0 Å². The molecular weight excluding hydrogens is 425 g/mol. The molecule has 0 bridgehead atoms. The van der Waals surface area contributed by atoms with Crippen molar-refractivity contribution >= 4 is 54.8 Å². The highest BCUT2D eigenvalue weighted by atomic mass is 127. The van der Waals surface area contributed by atoms with Gasteiger partial charge in [0.2, 0.25) is 0 Å². The standard InChI is InChI=1S/C13H10INO4S2/c1-18-12-4-11(14)9-5-15-6-10(9)13(12)19-21(16,17)8-2-3-20-7-8/h2-7,15H,1H3. The van der Waals surface area contributed by atoms with Crippen molar-refractivity contribution in [2.24, 2.45) is 0 Å². The van der Waals surface area contributed by atoms with Gasteiger partial charge in [0.15, 0.2) is 11.5 Å². The molecule has 1 aromatic carbocycles. The van der Waals surface area contributed by atoms with Crippen molar-refractivity contribution in [3.8, 4) is 11.5 Å². The second-order valence-corrected chi connectivity index (χ2v) is 7.66. The molecule has 0 aliphatic heterocycles. The number of halogens is 1. The number of thiophene rings is 1. The zero-order chi connectivity index (χ0) is 15.0. The summed E-state index contributed by atoms with van der Waals surface area (Å²) in [6.07, 6.45) is 3.49. The van der Waals surface area contributed by atoms with Gasteiger partial charge < -0.3 is 13.9 Å². The molecule has 0 aliphatic carbocycles. The number of hydrogen-bond acceptors (Lipinski definition) is 5. The van der Waals surface area contributed by atoms with E-state index in [-0.39, 0.29) is 10.6 Å². The first-order valence-corrected chi connectivity index (χ1v) is 9.25. The molecule has 0 amide bonds. The maximum absolute atomic E-state index is 12.3. The molecule has 0 radical (unpaired) electrons. The summed E-state index contributed by atoms with van der Waals surface area (Å²) in [6, 6.07) is 3.25. The summed E-state index contributed by atoms with van der Waals surface area (Å²) in [6.45, 7) is 0. The lowest BCUT2D eigenvalue weighted by atomic mass is 10.2. The highest BCUT2D eigenvalue weighted by molar-refractivity contribution is 14.1. The van der Waals surface area contributed by atoms with Crippen molar-refractivity contribution in [3.63, 3.8) is 0 Å². The zero-order valence-corrected chi connectivity index (χ0v) is 14.6. The minimum atomic E-state index is -3.87. The topological polar surface area (TPSA) is 68.4 Å². The lowest BCUT2D eigenvalue weighted by Crippen LogP contribution is -2.09. The molecular formula is C13H10INO4S2. The second-order valence-electron chi connectivity index (χ2n) is 4.17. The van der Waals surface area contributed by atoms with Crippen LogP contribution in [0.5, 0.6) is 11.5 Å². The fraction of sp³-hybridized carbons (Fsp3) is 0.0769. The third-order valence-corrected chi connectivity index (χ3v) is 5.87. The van der Waals surface area contributed by atoms with Gasteiger partial charge in [-0.1, -0.05) is 0 Å². The average Bonchev–Trinajstić information content (AvgIpc) is 3.12. The Morgan fingerprint density at radius 2 is 2.05 bits per heavy atom. The normalized spacial score (nSPS) is 11.7. The Balaban J connectivity index is 2.16. The van der Waals surface area contributed by atoms with Gasteiger partial charge in [-0.3, -0.25) is 0 Å². The number of benzene rings is 1. The molecule has 0 aliphatic rings. The van der Waals surface area contributed by atoms with E-state index in [1.54, 1.807) is 23.8 Å². The number of nitrogens with one attached hydrogen (secondary N) is 1. The van der Waals surface area contributed by atoms with Crippen LogP contribution >= 0.6 is 33.9 Å². The summed E-state index contributed by atoms with van der Waals surface area (Å²) in [4.78, 5) is 3.09. The SMILES string of the molecule is COc1cc(I)c2c[nH]cc2c1OS(=O)(=O)c1ccsc1. The van der Waals surface area contributed by atoms with Crippen molar-refractivity contribution in [2.45, 2.75) is 4.90 Å². The first-order valence-electron chi connectivity index (χ1n) is 5.82. The molecule has 0 fully saturated rings. The molecule has 0 atom stereocenters. The van der Waals surface area contributed by atoms with E-state index in [1.807, 2.05) is 0 Å². The summed E-state index contributed by atoms with van der Waals surface area (Å²) >= 11 is 3.46. The monoisotopic (exact) mass is 435 g/mol. The van der Waals surface area contributed by atoms with E-state index in [0.717, 1.165) is 8.96 Å². The maximum Gasteiger partial charge on any atom is 0.340 e. The third-order valence-electron chi connectivity index (χ3n) is 2.93. The first-order chi connectivity index (χ1) is 10.0. The molecule has 2 heterocycles. The van der Waals surface area contributed by atoms with Crippen LogP contribution in [0, 0.1) is 3.57 Å². The van der Waals surface area contributed by atoms with Crippen LogP contribution in [0.15, 0.2) is 40.2 Å². The Labute approximate surface area is 139 Å². The molecule has 3 aromatic rings. The van der Waals surface area contributed by atoms with E-state index in [1.165, 1.54) is 29.9 Å². The summed E-state index contributed by atoms with van der Waals surface area (Å²) in [7, 11) is -2.39. The fourth-order valence-corrected chi connectivity index (χ4v) is 4.62. The molecule has 1 N–H and O–H groups in total. The van der Waals surface area contributed by atoms with E-state index in [0.29, 0.717) is 11.1 Å². The molecule has 21 heavy (non-hydrogen) atoms. The highest BCUT2D eigenvalue weighted by Crippen LogP contribution is 2.40. The Morgan fingerprint density at radius 3 is 2.71 bits per heavy atom. The molecule has 3 rings (SSSR count). The summed E-state index contributed by atoms with van der Waals surface area (Å²) < 4.78 is 36.1. The molecule has 2 aromatic heterocycles. The Kier molecular flexibility index (Phi) is 3.84. The highest BCUT2D eigenvalue weighted by Gasteiger charge is 2.22. The van der Waals surface area contributed by atoms with E-state index in [2.05, 4.69) is 27.6 Å². The van der Waals surface area contributed by atoms with Crippen LogP contribution in [0.3, 0.4) is 0 Å². The Bertz CT molecular complexity index is 884. The number of rotatable bonds is 4. The van der Waals surface area contributed by atoms with Gasteiger partial charge in [0.05, 0.1) is 7.11 Å². The second kappa shape index (κ2) is 5.50. The smallest absolute Gasteiger partial charge is 0.340 e. The van der Waals surface area contributed by atoms with Crippen LogP contribution in [0.2, 0.25) is 0 Å². The molecule has 0 saturated carbocycles. The van der Waals surface area contributed by atoms with Gasteiger partial charge in [0.25, 0.3) is 0 Å². The minimum absolute atomic E-state index is 0.136. The molecule has 0 saturated heterocycles. The summed E-state index contributed by atoms with van der Waals surface area (Å²) in [5.41, 5.74) is 0. The van der Waals surface area contributed by atoms with Crippen molar-refractivity contribution in [1.82, 2.24) is 4.98 Å². The van der Waals surface area contributed by atoms with Gasteiger partial charge in [-0.15, -0.1) is 0 Å². The molecule has 0 unspecified atom stereocenters. The minimum Gasteiger partial charge on any atom is -0.493 e. The number of ether oxygens (including phenoxy) is 1. The maximum atomic E-state index is 12.3. The lowest BCUT2D eigenvalue weighted by molar-refractivity contribution is 0.392. The molecule has 8 heteroatoms. The van der Waals surface area contributed by atoms with Crippen molar-refractivity contribution in [1.29, 1.82) is 0 Å². The fourth-order valence-electron chi connectivity index (χ4n) is 1.93. The number of aromatic nitrogens is 1. The van der Waals surface area contributed by atoms with Crippen LogP contribution in [-0.4, -0.2) is 20.5 Å². The van der Waals surface area contributed by atoms with E-state index < -0.39 is 10.1 Å². The van der Waals surface area contributed by atoms with Crippen molar-refractivity contribution in [3.05, 3.63) is 38.9 Å². The number of H-pyrrole nitrogens is 1. The van der Waals surface area contributed by atoms with Gasteiger partial charge in [-0.25, -0.2) is 0 Å². The summed E-state index contributed by atoms with van der Waals surface area (Å²) in [5.74, 6) is 0.575. The molecule has 110 valence electrons. The van der Waals surface area contributed by atoms with Gasteiger partial charge >= 0.3 is 10.1 Å². The Hall–Kier alpha value is -1.26. The quantitative estimate of drug-likeness (QED) is 0.502. The largest absolute Gasteiger partial charge is 0.493 e. The number of fused-ring (bicyclic) bond motifs is 1. The Morgan fingerprint density at radius 1 is 1.29 bits per heavy atom. The van der Waals surface area contributed by atoms with Crippen LogP contribution in [-0.2, 0) is 10.1 Å². The van der Waals surface area contributed by atoms with Gasteiger partial charge in [0, 0.05) is 32.1 Å². The van der Waals surface area contributed by atoms with E-state index in [9.17, 15) is 8.42 Å². The molecule has 0 spiro atoms. The number of methoxy groups -OCH3 is 1. The number of hydrogen-bond donors (Lipinski definition) is 1. The lowest BCUT2D eigenvalue weighted by Gasteiger charge is -2.12. The van der Waals surface area contributed by atoms with Gasteiger partial charge in [-0.2, -0.15) is 19.8 Å². The zero-order valence-electron chi connectivity index (χ0n) is 10.8. The van der Waals surface area contributed by atoms with E-state index in [4.69, 9.17) is 8.92 Å². The third kappa shape index (κ3) is 2.62. The van der Waals surface area contributed by atoms with Crippen molar-refractivity contribution < 1.29 is 17.3 Å². The van der Waals surface area contributed by atoms with Gasteiger partial charge in [0.1, 0.15) is 4.90 Å². The van der Waals surface area contributed by atoms with Crippen LogP contribution in [0.25, 0.3) is 10.8 Å². The van der Waals surface area contributed by atoms with Gasteiger partial charge in [-0.05, 0) is 40.1 Å². The van der Waals surface area contributed by atoms with Crippen LogP contribution in [0.1, 0.15) is 0 Å². The predicted molar refractivity (Wildman–Crippen MR) is 89.7 cm³/mol. The predicted octanol–water partition coefficient (Wildman–Crippen LogP) is 3.61. The van der Waals surface area contributed by atoms with Crippen LogP contribution < -0.4 is 8.92 Å².